The molecule has 7 nitrogen and oxygen atoms in total. The SMILES string of the molecule is Cc1cccc(N2CCN(C(=O)CCc3nc(-c4ccc(N5CCCCC5)cc4)no3)CC2)c1C. The number of hydrogen-bond acceptors (Lipinski definition) is 6. The molecule has 0 N–H and O–H groups in total. The smallest absolute Gasteiger partial charge is 0.227 e. The molecule has 3 aromatic rings. The number of anilines is 2. The van der Waals surface area contributed by atoms with E-state index in [1.807, 2.05) is 4.90 Å². The van der Waals surface area contributed by atoms with Crippen LogP contribution in [0, 0.1) is 13.8 Å². The predicted octanol–water partition coefficient (Wildman–Crippen LogP) is 4.63. The molecule has 5 rings (SSSR count). The second kappa shape index (κ2) is 10.5. The number of carbonyl (C=O) groups excluding carboxylic acids is 1. The maximum absolute atomic E-state index is 12.8. The fourth-order valence-corrected chi connectivity index (χ4v) is 5.09. The minimum atomic E-state index is 0.149. The van der Waals surface area contributed by atoms with Gasteiger partial charge in [-0.2, -0.15) is 4.98 Å². The van der Waals surface area contributed by atoms with E-state index in [0.717, 1.165) is 44.8 Å². The number of nitrogens with zero attached hydrogens (tertiary/aromatic N) is 5. The molecule has 0 unspecified atom stereocenters. The topological polar surface area (TPSA) is 65.7 Å². The summed E-state index contributed by atoms with van der Waals surface area (Å²) in [6.45, 7) is 9.76. The molecule has 3 heterocycles. The van der Waals surface area contributed by atoms with E-state index in [4.69, 9.17) is 4.52 Å². The Morgan fingerprint density at radius 2 is 1.63 bits per heavy atom. The maximum Gasteiger partial charge on any atom is 0.227 e. The van der Waals surface area contributed by atoms with E-state index in [1.165, 1.54) is 41.8 Å². The van der Waals surface area contributed by atoms with Crippen LogP contribution in [0.3, 0.4) is 0 Å². The third-order valence-corrected chi connectivity index (χ3v) is 7.42. The number of aryl methyl sites for hydroxylation is 2. The van der Waals surface area contributed by atoms with Gasteiger partial charge >= 0.3 is 0 Å². The van der Waals surface area contributed by atoms with Crippen LogP contribution in [-0.4, -0.2) is 60.2 Å². The highest BCUT2D eigenvalue weighted by molar-refractivity contribution is 5.76. The Hall–Kier alpha value is -3.35. The summed E-state index contributed by atoms with van der Waals surface area (Å²) in [6, 6.07) is 14.8. The van der Waals surface area contributed by atoms with Gasteiger partial charge in [0.05, 0.1) is 0 Å². The first-order valence-corrected chi connectivity index (χ1v) is 12.9. The molecule has 7 heteroatoms. The van der Waals surface area contributed by atoms with Crippen LogP contribution >= 0.6 is 0 Å². The number of benzene rings is 2. The van der Waals surface area contributed by atoms with Gasteiger partial charge in [0, 0.05) is 69.0 Å². The number of hydrogen-bond donors (Lipinski definition) is 0. The first-order chi connectivity index (χ1) is 17.1. The summed E-state index contributed by atoms with van der Waals surface area (Å²) in [5.74, 6) is 1.25. The number of piperidine rings is 1. The van der Waals surface area contributed by atoms with Crippen LogP contribution in [0.5, 0.6) is 0 Å². The molecule has 2 aliphatic rings. The van der Waals surface area contributed by atoms with Crippen molar-refractivity contribution in [3.05, 3.63) is 59.5 Å². The number of carbonyl (C=O) groups is 1. The van der Waals surface area contributed by atoms with Gasteiger partial charge in [0.15, 0.2) is 0 Å². The Morgan fingerprint density at radius 1 is 0.886 bits per heavy atom. The Balaban J connectivity index is 1.12. The zero-order valence-electron chi connectivity index (χ0n) is 20.9. The van der Waals surface area contributed by atoms with Gasteiger partial charge in [0.1, 0.15) is 0 Å². The van der Waals surface area contributed by atoms with Gasteiger partial charge in [-0.05, 0) is 74.6 Å². The van der Waals surface area contributed by atoms with E-state index < -0.39 is 0 Å². The molecular weight excluding hydrogens is 438 g/mol. The highest BCUT2D eigenvalue weighted by Crippen LogP contribution is 2.25. The summed E-state index contributed by atoms with van der Waals surface area (Å²) < 4.78 is 5.45. The Labute approximate surface area is 207 Å². The van der Waals surface area contributed by atoms with Crippen LogP contribution in [0.2, 0.25) is 0 Å². The van der Waals surface area contributed by atoms with Crippen molar-refractivity contribution >= 4 is 17.3 Å². The number of aromatic nitrogens is 2. The van der Waals surface area contributed by atoms with Gasteiger partial charge < -0.3 is 19.2 Å². The van der Waals surface area contributed by atoms with Gasteiger partial charge in [-0.1, -0.05) is 17.3 Å². The molecule has 0 saturated carbocycles. The number of amides is 1. The number of piperazine rings is 1. The van der Waals surface area contributed by atoms with Crippen molar-refractivity contribution in [2.45, 2.75) is 46.0 Å². The average molecular weight is 474 g/mol. The van der Waals surface area contributed by atoms with E-state index in [-0.39, 0.29) is 5.91 Å². The van der Waals surface area contributed by atoms with Crippen molar-refractivity contribution in [1.29, 1.82) is 0 Å². The Bertz CT molecular complexity index is 1140. The monoisotopic (exact) mass is 473 g/mol. The van der Waals surface area contributed by atoms with E-state index >= 15 is 0 Å². The molecule has 0 radical (unpaired) electrons. The molecule has 1 aromatic heterocycles. The molecule has 0 spiro atoms. The zero-order valence-corrected chi connectivity index (χ0v) is 20.9. The molecule has 2 saturated heterocycles. The van der Waals surface area contributed by atoms with E-state index in [9.17, 15) is 4.79 Å². The molecule has 0 atom stereocenters. The van der Waals surface area contributed by atoms with Crippen LogP contribution < -0.4 is 9.80 Å². The summed E-state index contributed by atoms with van der Waals surface area (Å²) in [5.41, 5.74) is 6.09. The number of rotatable bonds is 6. The summed E-state index contributed by atoms with van der Waals surface area (Å²) in [7, 11) is 0. The molecule has 0 bridgehead atoms. The third kappa shape index (κ3) is 5.34. The largest absolute Gasteiger partial charge is 0.372 e. The predicted molar refractivity (Wildman–Crippen MR) is 139 cm³/mol. The van der Waals surface area contributed by atoms with Crippen molar-refractivity contribution in [1.82, 2.24) is 15.0 Å². The molecule has 1 amide bonds. The fraction of sp³-hybridized carbons (Fsp3) is 0.464. The third-order valence-electron chi connectivity index (χ3n) is 7.42. The second-order valence-corrected chi connectivity index (χ2v) is 9.69. The second-order valence-electron chi connectivity index (χ2n) is 9.69. The lowest BCUT2D eigenvalue weighted by molar-refractivity contribution is -0.131. The lowest BCUT2D eigenvalue weighted by Gasteiger charge is -2.37. The van der Waals surface area contributed by atoms with Gasteiger partial charge in [-0.25, -0.2) is 0 Å². The molecular formula is C28H35N5O2. The first-order valence-electron chi connectivity index (χ1n) is 12.9. The Kier molecular flexibility index (Phi) is 7.02. The van der Waals surface area contributed by atoms with Gasteiger partial charge in [0.25, 0.3) is 0 Å². The minimum Gasteiger partial charge on any atom is -0.372 e. The maximum atomic E-state index is 12.8. The molecule has 35 heavy (non-hydrogen) atoms. The van der Waals surface area contributed by atoms with Crippen LogP contribution in [0.25, 0.3) is 11.4 Å². The van der Waals surface area contributed by atoms with Gasteiger partial charge in [0.2, 0.25) is 17.6 Å². The van der Waals surface area contributed by atoms with E-state index in [2.05, 4.69) is 76.3 Å². The van der Waals surface area contributed by atoms with E-state index in [1.54, 1.807) is 0 Å². The fourth-order valence-electron chi connectivity index (χ4n) is 5.09. The zero-order chi connectivity index (χ0) is 24.2. The standard InChI is InChI=1S/C28H35N5O2/c1-21-7-6-8-25(22(21)2)32-17-19-33(20-18-32)27(34)14-13-26-29-28(30-35-26)23-9-11-24(12-10-23)31-15-4-3-5-16-31/h6-12H,3-5,13-20H2,1-2H3. The average Bonchev–Trinajstić information content (AvgIpc) is 3.39. The highest BCUT2D eigenvalue weighted by atomic mass is 16.5. The molecule has 2 fully saturated rings. The van der Waals surface area contributed by atoms with Crippen LogP contribution in [-0.2, 0) is 11.2 Å². The van der Waals surface area contributed by atoms with Gasteiger partial charge in [-0.3, -0.25) is 4.79 Å². The van der Waals surface area contributed by atoms with E-state index in [0.29, 0.717) is 24.6 Å². The Morgan fingerprint density at radius 3 is 2.37 bits per heavy atom. The highest BCUT2D eigenvalue weighted by Gasteiger charge is 2.23. The van der Waals surface area contributed by atoms with Crippen LogP contribution in [0.4, 0.5) is 11.4 Å². The van der Waals surface area contributed by atoms with Crippen molar-refractivity contribution in [2.75, 3.05) is 49.1 Å². The summed E-state index contributed by atoms with van der Waals surface area (Å²) in [6.07, 6.45) is 4.70. The van der Waals surface area contributed by atoms with Crippen molar-refractivity contribution in [3.63, 3.8) is 0 Å². The van der Waals surface area contributed by atoms with Crippen LogP contribution in [0.1, 0.15) is 42.7 Å². The van der Waals surface area contributed by atoms with Crippen molar-refractivity contribution in [2.24, 2.45) is 0 Å². The molecule has 0 aliphatic carbocycles. The van der Waals surface area contributed by atoms with Gasteiger partial charge in [-0.15, -0.1) is 0 Å². The lowest BCUT2D eigenvalue weighted by Crippen LogP contribution is -2.49. The quantitative estimate of drug-likeness (QED) is 0.520. The lowest BCUT2D eigenvalue weighted by atomic mass is 10.1. The van der Waals surface area contributed by atoms with Crippen molar-refractivity contribution < 1.29 is 9.32 Å². The van der Waals surface area contributed by atoms with Crippen molar-refractivity contribution in [3.8, 4) is 11.4 Å². The summed E-state index contributed by atoms with van der Waals surface area (Å²) >= 11 is 0. The summed E-state index contributed by atoms with van der Waals surface area (Å²) in [4.78, 5) is 24.1. The normalized spacial score (nSPS) is 16.6. The first kappa shape index (κ1) is 23.4. The summed E-state index contributed by atoms with van der Waals surface area (Å²) in [5, 5.41) is 4.15. The minimum absolute atomic E-state index is 0.149. The molecule has 2 aliphatic heterocycles. The molecule has 184 valence electrons. The molecule has 2 aromatic carbocycles. The van der Waals surface area contributed by atoms with Crippen LogP contribution in [0.15, 0.2) is 47.0 Å².